The Labute approximate surface area is 197 Å². The van der Waals surface area contributed by atoms with Gasteiger partial charge in [-0.3, -0.25) is 0 Å². The number of rotatable bonds is 12. The van der Waals surface area contributed by atoms with E-state index in [2.05, 4.69) is 35.9 Å². The Hall–Kier alpha value is -2.09. The molecule has 32 heavy (non-hydrogen) atoms. The molecule has 0 fully saturated rings. The first-order valence-corrected chi connectivity index (χ1v) is 12.2. The van der Waals surface area contributed by atoms with Crippen LogP contribution in [0.15, 0.2) is 49.1 Å². The molecule has 2 rings (SSSR count). The van der Waals surface area contributed by atoms with E-state index in [1.165, 1.54) is 29.9 Å². The molecule has 2 unspecified atom stereocenters. The summed E-state index contributed by atoms with van der Waals surface area (Å²) in [6.07, 6.45) is 7.68. The van der Waals surface area contributed by atoms with E-state index in [1.54, 1.807) is 12.1 Å². The number of ether oxygens (including phenoxy) is 2. The molecule has 2 aromatic rings. The molecule has 0 saturated carbocycles. The average Bonchev–Trinajstić information content (AvgIpc) is 3.28. The molecule has 0 aliphatic carbocycles. The van der Waals surface area contributed by atoms with Gasteiger partial charge >= 0.3 is 0 Å². The van der Waals surface area contributed by atoms with E-state index in [1.807, 2.05) is 45.9 Å². The minimum Gasteiger partial charge on any atom is -0.374 e. The van der Waals surface area contributed by atoms with Gasteiger partial charge in [0.05, 0.1) is 18.8 Å². The lowest BCUT2D eigenvalue weighted by molar-refractivity contribution is 0.0306. The lowest BCUT2D eigenvalue weighted by Gasteiger charge is -2.18. The third-order valence-corrected chi connectivity index (χ3v) is 4.72. The summed E-state index contributed by atoms with van der Waals surface area (Å²) in [5.41, 5.74) is 0.716. The van der Waals surface area contributed by atoms with Crippen LogP contribution in [0.4, 0.5) is 9.52 Å². The van der Waals surface area contributed by atoms with E-state index in [-0.39, 0.29) is 18.0 Å². The number of benzene rings is 1. The van der Waals surface area contributed by atoms with E-state index >= 15 is 0 Å². The fourth-order valence-corrected chi connectivity index (χ4v) is 2.97. The first-order valence-electron chi connectivity index (χ1n) is 11.3. The summed E-state index contributed by atoms with van der Waals surface area (Å²) < 4.78 is 24.9. The number of nitrogens with zero attached hydrogens (tertiary/aromatic N) is 2. The van der Waals surface area contributed by atoms with Gasteiger partial charge in [0, 0.05) is 18.7 Å². The molecule has 0 spiro atoms. The van der Waals surface area contributed by atoms with Gasteiger partial charge in [-0.15, -0.1) is 16.8 Å². The Kier molecular flexibility index (Phi) is 18.3. The van der Waals surface area contributed by atoms with Crippen LogP contribution < -0.4 is 5.32 Å². The largest absolute Gasteiger partial charge is 0.374 e. The van der Waals surface area contributed by atoms with Crippen molar-refractivity contribution in [3.05, 3.63) is 54.9 Å². The van der Waals surface area contributed by atoms with Gasteiger partial charge < -0.3 is 14.8 Å². The molecule has 5 nitrogen and oxygen atoms in total. The second-order valence-corrected chi connectivity index (χ2v) is 7.61. The van der Waals surface area contributed by atoms with Crippen molar-refractivity contribution >= 4 is 16.5 Å². The quantitative estimate of drug-likeness (QED) is 0.338. The fourth-order valence-electron chi connectivity index (χ4n) is 2.22. The summed E-state index contributed by atoms with van der Waals surface area (Å²) >= 11 is 1.38. The predicted octanol–water partition coefficient (Wildman–Crippen LogP) is 7.14. The molecule has 0 aliphatic heterocycles. The van der Waals surface area contributed by atoms with E-state index < -0.39 is 0 Å². The number of allylic oxidation sites excluding steroid dienone is 1. The molecule has 1 heterocycles. The summed E-state index contributed by atoms with van der Waals surface area (Å²) in [6.45, 7) is 17.6. The van der Waals surface area contributed by atoms with E-state index in [0.29, 0.717) is 35.5 Å². The Balaban J connectivity index is 0.00000177. The van der Waals surface area contributed by atoms with Crippen molar-refractivity contribution < 1.29 is 13.9 Å². The number of halogens is 1. The van der Waals surface area contributed by atoms with Crippen LogP contribution in [0.5, 0.6) is 0 Å². The van der Waals surface area contributed by atoms with Crippen molar-refractivity contribution in [2.45, 2.75) is 66.6 Å². The maximum Gasteiger partial charge on any atom is 0.206 e. The third kappa shape index (κ3) is 13.3. The monoisotopic (exact) mass is 465 g/mol. The molecule has 1 aromatic heterocycles. The summed E-state index contributed by atoms with van der Waals surface area (Å²) in [5.74, 6) is -0.289. The van der Waals surface area contributed by atoms with Crippen LogP contribution in [0.1, 0.15) is 54.4 Å². The molecule has 0 saturated heterocycles. The lowest BCUT2D eigenvalue weighted by atomic mass is 10.2. The first kappa shape index (κ1) is 29.9. The molecule has 2 atom stereocenters. The Morgan fingerprint density at radius 3 is 2.56 bits per heavy atom. The van der Waals surface area contributed by atoms with Gasteiger partial charge in [-0.2, -0.15) is 0 Å². The van der Waals surface area contributed by atoms with E-state index in [9.17, 15) is 4.39 Å². The van der Waals surface area contributed by atoms with Crippen molar-refractivity contribution in [1.29, 1.82) is 0 Å². The number of anilines is 1. The second kappa shape index (κ2) is 19.6. The Morgan fingerprint density at radius 1 is 1.22 bits per heavy atom. The van der Waals surface area contributed by atoms with Gasteiger partial charge in [0.15, 0.2) is 0 Å². The SMILES string of the molecule is C=CC(C)OCCC(CNc1nnc(-c2cccc(F)c2)s1)OC/C=C\C.CC.CCC. The van der Waals surface area contributed by atoms with Crippen LogP contribution in [0.3, 0.4) is 0 Å². The predicted molar refractivity (Wildman–Crippen MR) is 136 cm³/mol. The van der Waals surface area contributed by atoms with Crippen LogP contribution in [0.25, 0.3) is 10.6 Å². The highest BCUT2D eigenvalue weighted by Gasteiger charge is 2.12. The molecule has 0 bridgehead atoms. The van der Waals surface area contributed by atoms with Crippen molar-refractivity contribution in [1.82, 2.24) is 10.2 Å². The Bertz CT molecular complexity index is 752. The zero-order valence-electron chi connectivity index (χ0n) is 20.4. The van der Waals surface area contributed by atoms with Crippen molar-refractivity contribution in [3.63, 3.8) is 0 Å². The molecule has 1 aromatic carbocycles. The maximum atomic E-state index is 13.4. The molecular formula is C25H40FN3O2S. The second-order valence-electron chi connectivity index (χ2n) is 6.64. The lowest BCUT2D eigenvalue weighted by Crippen LogP contribution is -2.25. The summed E-state index contributed by atoms with van der Waals surface area (Å²) in [7, 11) is 0. The van der Waals surface area contributed by atoms with Crippen LogP contribution in [-0.2, 0) is 9.47 Å². The average molecular weight is 466 g/mol. The summed E-state index contributed by atoms with van der Waals surface area (Å²) in [6, 6.07) is 6.33. The van der Waals surface area contributed by atoms with E-state index in [0.717, 1.165) is 6.42 Å². The van der Waals surface area contributed by atoms with Crippen LogP contribution in [0.2, 0.25) is 0 Å². The van der Waals surface area contributed by atoms with Gasteiger partial charge in [0.25, 0.3) is 0 Å². The minimum absolute atomic E-state index is 0.0196. The summed E-state index contributed by atoms with van der Waals surface area (Å²) in [4.78, 5) is 0. The molecule has 0 aliphatic rings. The maximum absolute atomic E-state index is 13.4. The number of aromatic nitrogens is 2. The first-order chi connectivity index (χ1) is 15.5. The van der Waals surface area contributed by atoms with Crippen LogP contribution in [-0.4, -0.2) is 42.2 Å². The Morgan fingerprint density at radius 2 is 1.94 bits per heavy atom. The van der Waals surface area contributed by atoms with Gasteiger partial charge in [0.2, 0.25) is 5.13 Å². The van der Waals surface area contributed by atoms with Crippen molar-refractivity contribution in [3.8, 4) is 10.6 Å². The molecule has 0 radical (unpaired) electrons. The third-order valence-electron chi connectivity index (χ3n) is 3.79. The molecule has 180 valence electrons. The highest BCUT2D eigenvalue weighted by molar-refractivity contribution is 7.18. The number of nitrogens with one attached hydrogen (secondary N) is 1. The standard InChI is InChI=1S/C20H26FN3O2S.C3H8.C2H6/c1-4-6-11-26-18(10-12-25-15(3)5-2)14-22-20-24-23-19(27-20)16-8-7-9-17(21)13-16;1-3-2;1-2/h4-9,13,15,18H,2,10-12,14H2,1,3H3,(H,22,24);3H2,1-2H3;1-2H3/b6-4-;;. The highest BCUT2D eigenvalue weighted by Crippen LogP contribution is 2.26. The van der Waals surface area contributed by atoms with Crippen LogP contribution in [0, 0.1) is 5.82 Å². The normalized spacial score (nSPS) is 12.2. The fraction of sp³-hybridized carbons (Fsp3) is 0.520. The van der Waals surface area contributed by atoms with Gasteiger partial charge in [-0.25, -0.2) is 4.39 Å². The van der Waals surface area contributed by atoms with Crippen molar-refractivity contribution in [2.75, 3.05) is 25.1 Å². The smallest absolute Gasteiger partial charge is 0.206 e. The van der Waals surface area contributed by atoms with Gasteiger partial charge in [-0.05, 0) is 32.4 Å². The minimum atomic E-state index is -0.289. The zero-order valence-corrected chi connectivity index (χ0v) is 21.3. The molecule has 1 N–H and O–H groups in total. The van der Waals surface area contributed by atoms with E-state index in [4.69, 9.17) is 9.47 Å². The number of hydrogen-bond acceptors (Lipinski definition) is 6. The van der Waals surface area contributed by atoms with Crippen molar-refractivity contribution in [2.24, 2.45) is 0 Å². The van der Waals surface area contributed by atoms with Crippen LogP contribution >= 0.6 is 11.3 Å². The molecule has 7 heteroatoms. The van der Waals surface area contributed by atoms with Gasteiger partial charge in [0.1, 0.15) is 10.8 Å². The van der Waals surface area contributed by atoms with Gasteiger partial charge in [-0.1, -0.05) is 75.8 Å². The number of hydrogen-bond donors (Lipinski definition) is 1. The molecule has 0 amide bonds. The highest BCUT2D eigenvalue weighted by atomic mass is 32.1. The topological polar surface area (TPSA) is 56.3 Å². The zero-order chi connectivity index (χ0) is 24.2. The summed E-state index contributed by atoms with van der Waals surface area (Å²) in [5, 5.41) is 12.9. The molecular weight excluding hydrogens is 425 g/mol.